The zero-order valence-electron chi connectivity index (χ0n) is 11.8. The minimum absolute atomic E-state index is 0.0131. The van der Waals surface area contributed by atoms with Gasteiger partial charge in [0.2, 0.25) is 0 Å². The van der Waals surface area contributed by atoms with Crippen LogP contribution in [-0.2, 0) is 7.05 Å². The molecule has 0 spiro atoms. The summed E-state index contributed by atoms with van der Waals surface area (Å²) in [7, 11) is 1.73. The Labute approximate surface area is 121 Å². The van der Waals surface area contributed by atoms with Crippen molar-refractivity contribution in [3.8, 4) is 11.1 Å². The van der Waals surface area contributed by atoms with Crippen LogP contribution in [0.25, 0.3) is 21.3 Å². The number of nitrogens with zero attached hydrogens (tertiary/aromatic N) is 2. The topological polar surface area (TPSA) is 34.9 Å². The van der Waals surface area contributed by atoms with E-state index in [2.05, 4.69) is 43.1 Å². The molecule has 4 heteroatoms. The molecule has 0 aliphatic carbocycles. The van der Waals surface area contributed by atoms with Crippen molar-refractivity contribution < 1.29 is 0 Å². The van der Waals surface area contributed by atoms with E-state index in [1.54, 1.807) is 13.4 Å². The molecule has 0 N–H and O–H groups in total. The second-order valence-electron chi connectivity index (χ2n) is 5.27. The molecule has 102 valence electrons. The molecule has 0 atom stereocenters. The smallest absolute Gasteiger partial charge is 0.262 e. The predicted molar refractivity (Wildman–Crippen MR) is 84.4 cm³/mol. The maximum Gasteiger partial charge on any atom is 0.262 e. The molecule has 2 heterocycles. The van der Waals surface area contributed by atoms with E-state index in [-0.39, 0.29) is 5.56 Å². The van der Waals surface area contributed by atoms with E-state index >= 15 is 0 Å². The normalized spacial score (nSPS) is 11.4. The second-order valence-corrected chi connectivity index (χ2v) is 6.12. The molecular formula is C16H16N2OS. The highest BCUT2D eigenvalue weighted by molar-refractivity contribution is 7.17. The number of thiophene rings is 1. The van der Waals surface area contributed by atoms with Crippen molar-refractivity contribution in [3.05, 3.63) is 51.9 Å². The molecule has 0 saturated heterocycles. The first-order valence-electron chi connectivity index (χ1n) is 6.61. The SMILES string of the molecule is CC(C)c1ccc(-c2csc3ncn(C)c(=O)c23)cc1. The van der Waals surface area contributed by atoms with Gasteiger partial charge in [0.1, 0.15) is 4.83 Å². The average Bonchev–Trinajstić information content (AvgIpc) is 2.87. The van der Waals surface area contributed by atoms with Gasteiger partial charge in [-0.25, -0.2) is 4.98 Å². The van der Waals surface area contributed by atoms with Crippen molar-refractivity contribution in [3.63, 3.8) is 0 Å². The molecule has 0 amide bonds. The standard InChI is InChI=1S/C16H16N2OS/c1-10(2)11-4-6-12(7-5-11)13-8-20-15-14(13)16(19)18(3)9-17-15/h4-10H,1-3H3. The van der Waals surface area contributed by atoms with Crippen LogP contribution in [0, 0.1) is 0 Å². The van der Waals surface area contributed by atoms with E-state index < -0.39 is 0 Å². The fourth-order valence-corrected chi connectivity index (χ4v) is 3.18. The summed E-state index contributed by atoms with van der Waals surface area (Å²) in [6, 6.07) is 8.43. The highest BCUT2D eigenvalue weighted by Gasteiger charge is 2.12. The number of aromatic nitrogens is 2. The summed E-state index contributed by atoms with van der Waals surface area (Å²) >= 11 is 1.52. The zero-order chi connectivity index (χ0) is 14.3. The lowest BCUT2D eigenvalue weighted by molar-refractivity contribution is 0.845. The molecule has 0 unspecified atom stereocenters. The van der Waals surface area contributed by atoms with Crippen molar-refractivity contribution >= 4 is 21.6 Å². The Morgan fingerprint density at radius 2 is 1.90 bits per heavy atom. The Hall–Kier alpha value is -1.94. The van der Waals surface area contributed by atoms with Gasteiger partial charge < -0.3 is 4.57 Å². The van der Waals surface area contributed by atoms with Crippen molar-refractivity contribution in [2.75, 3.05) is 0 Å². The average molecular weight is 284 g/mol. The number of aryl methyl sites for hydroxylation is 1. The summed E-state index contributed by atoms with van der Waals surface area (Å²) in [5, 5.41) is 2.74. The van der Waals surface area contributed by atoms with E-state index in [9.17, 15) is 4.79 Å². The molecule has 0 bridgehead atoms. The lowest BCUT2D eigenvalue weighted by Crippen LogP contribution is -2.16. The van der Waals surface area contributed by atoms with E-state index in [0.29, 0.717) is 5.92 Å². The van der Waals surface area contributed by atoms with Gasteiger partial charge in [0.25, 0.3) is 5.56 Å². The molecule has 0 saturated carbocycles. The van der Waals surface area contributed by atoms with Crippen LogP contribution in [0.2, 0.25) is 0 Å². The maximum absolute atomic E-state index is 12.3. The van der Waals surface area contributed by atoms with Gasteiger partial charge in [-0.05, 0) is 17.0 Å². The van der Waals surface area contributed by atoms with Crippen LogP contribution in [0.4, 0.5) is 0 Å². The summed E-state index contributed by atoms with van der Waals surface area (Å²) in [6.45, 7) is 4.35. The van der Waals surface area contributed by atoms with Gasteiger partial charge in [0, 0.05) is 18.0 Å². The Balaban J connectivity index is 2.19. The fourth-order valence-electron chi connectivity index (χ4n) is 2.28. The van der Waals surface area contributed by atoms with Gasteiger partial charge in [-0.3, -0.25) is 4.79 Å². The lowest BCUT2D eigenvalue weighted by Gasteiger charge is -2.06. The predicted octanol–water partition coefficient (Wildman–Crippen LogP) is 3.79. The molecule has 0 aliphatic rings. The maximum atomic E-state index is 12.3. The summed E-state index contributed by atoms with van der Waals surface area (Å²) in [4.78, 5) is 17.4. The Bertz CT molecular complexity index is 813. The first-order valence-corrected chi connectivity index (χ1v) is 7.49. The Morgan fingerprint density at radius 1 is 1.20 bits per heavy atom. The summed E-state index contributed by atoms with van der Waals surface area (Å²) < 4.78 is 1.53. The Kier molecular flexibility index (Phi) is 3.18. The minimum atomic E-state index is 0.0131. The van der Waals surface area contributed by atoms with Crippen molar-refractivity contribution in [2.45, 2.75) is 19.8 Å². The quantitative estimate of drug-likeness (QED) is 0.717. The Morgan fingerprint density at radius 3 is 2.55 bits per heavy atom. The number of hydrogen-bond acceptors (Lipinski definition) is 3. The summed E-state index contributed by atoms with van der Waals surface area (Å²) in [5.41, 5.74) is 3.37. The monoisotopic (exact) mass is 284 g/mol. The van der Waals surface area contributed by atoms with Crippen molar-refractivity contribution in [2.24, 2.45) is 7.05 Å². The van der Waals surface area contributed by atoms with Gasteiger partial charge in [0.05, 0.1) is 11.7 Å². The second kappa shape index (κ2) is 4.87. The van der Waals surface area contributed by atoms with Gasteiger partial charge >= 0.3 is 0 Å². The first-order chi connectivity index (χ1) is 9.58. The summed E-state index contributed by atoms with van der Waals surface area (Å²) in [6.07, 6.45) is 1.58. The van der Waals surface area contributed by atoms with Crippen LogP contribution in [0.5, 0.6) is 0 Å². The van der Waals surface area contributed by atoms with Crippen LogP contribution >= 0.6 is 11.3 Å². The minimum Gasteiger partial charge on any atom is -0.302 e. The largest absolute Gasteiger partial charge is 0.302 e. The third-order valence-electron chi connectivity index (χ3n) is 3.54. The fraction of sp³-hybridized carbons (Fsp3) is 0.250. The molecular weight excluding hydrogens is 268 g/mol. The molecule has 1 aromatic carbocycles. The molecule has 3 rings (SSSR count). The number of fused-ring (bicyclic) bond motifs is 1. The van der Waals surface area contributed by atoms with Gasteiger partial charge in [-0.1, -0.05) is 38.1 Å². The third kappa shape index (κ3) is 2.06. The van der Waals surface area contributed by atoms with E-state index in [1.807, 2.05) is 5.38 Å². The number of rotatable bonds is 2. The molecule has 0 fully saturated rings. The zero-order valence-corrected chi connectivity index (χ0v) is 12.6. The van der Waals surface area contributed by atoms with Gasteiger partial charge in [-0.15, -0.1) is 11.3 Å². The van der Waals surface area contributed by atoms with Crippen LogP contribution in [0.1, 0.15) is 25.3 Å². The summed E-state index contributed by atoms with van der Waals surface area (Å²) in [5.74, 6) is 0.512. The van der Waals surface area contributed by atoms with Crippen LogP contribution in [0.15, 0.2) is 40.8 Å². The van der Waals surface area contributed by atoms with E-state index in [4.69, 9.17) is 0 Å². The highest BCUT2D eigenvalue weighted by Crippen LogP contribution is 2.31. The lowest BCUT2D eigenvalue weighted by atomic mass is 9.99. The molecule has 3 aromatic rings. The van der Waals surface area contributed by atoms with Crippen molar-refractivity contribution in [1.82, 2.24) is 9.55 Å². The number of benzene rings is 1. The molecule has 2 aromatic heterocycles. The first kappa shape index (κ1) is 13.1. The van der Waals surface area contributed by atoms with Gasteiger partial charge in [0.15, 0.2) is 0 Å². The molecule has 0 aliphatic heterocycles. The van der Waals surface area contributed by atoms with Gasteiger partial charge in [-0.2, -0.15) is 0 Å². The molecule has 3 nitrogen and oxygen atoms in total. The van der Waals surface area contributed by atoms with Crippen molar-refractivity contribution in [1.29, 1.82) is 0 Å². The van der Waals surface area contributed by atoms with Crippen LogP contribution < -0.4 is 5.56 Å². The van der Waals surface area contributed by atoms with E-state index in [1.165, 1.54) is 21.5 Å². The van der Waals surface area contributed by atoms with E-state index in [0.717, 1.165) is 21.3 Å². The van der Waals surface area contributed by atoms with Crippen LogP contribution in [-0.4, -0.2) is 9.55 Å². The molecule has 20 heavy (non-hydrogen) atoms. The highest BCUT2D eigenvalue weighted by atomic mass is 32.1. The van der Waals surface area contributed by atoms with Crippen LogP contribution in [0.3, 0.4) is 0 Å². The third-order valence-corrected chi connectivity index (χ3v) is 4.43. The molecule has 0 radical (unpaired) electrons. The number of hydrogen-bond donors (Lipinski definition) is 0.